The fraction of sp³-hybridized carbons (Fsp3) is 0. The number of aromatic nitrogens is 1. The molecule has 0 amide bonds. The lowest BCUT2D eigenvalue weighted by molar-refractivity contribution is 0.628. The zero-order valence-corrected chi connectivity index (χ0v) is 7.51. The molecule has 1 heterocycles. The Morgan fingerprint density at radius 3 is 3.00 bits per heavy atom. The maximum atomic E-state index is 12.7. The monoisotopic (exact) mass is 194 g/mol. The van der Waals surface area contributed by atoms with Crippen LogP contribution in [0.3, 0.4) is 0 Å². The molecule has 1 aromatic carbocycles. The van der Waals surface area contributed by atoms with Gasteiger partial charge in [-0.05, 0) is 18.2 Å². The van der Waals surface area contributed by atoms with Crippen molar-refractivity contribution in [2.75, 3.05) is 5.32 Å². The van der Waals surface area contributed by atoms with Gasteiger partial charge in [-0.25, -0.2) is 9.37 Å². The summed E-state index contributed by atoms with van der Waals surface area (Å²) in [5, 5.41) is 5.62. The van der Waals surface area contributed by atoms with Crippen molar-refractivity contribution in [1.29, 1.82) is 0 Å². The SMILES string of the molecule is Fc1cccc(Nc2nccs2)c1. The van der Waals surface area contributed by atoms with Crippen LogP contribution in [0.5, 0.6) is 0 Å². The van der Waals surface area contributed by atoms with E-state index in [4.69, 9.17) is 0 Å². The molecule has 0 radical (unpaired) electrons. The number of rotatable bonds is 2. The van der Waals surface area contributed by atoms with Crippen LogP contribution in [0, 0.1) is 5.82 Å². The summed E-state index contributed by atoms with van der Waals surface area (Å²) in [4.78, 5) is 4.03. The van der Waals surface area contributed by atoms with Gasteiger partial charge in [-0.3, -0.25) is 0 Å². The van der Waals surface area contributed by atoms with Crippen LogP contribution in [0.4, 0.5) is 15.2 Å². The minimum atomic E-state index is -0.249. The van der Waals surface area contributed by atoms with Gasteiger partial charge < -0.3 is 5.32 Å². The van der Waals surface area contributed by atoms with Gasteiger partial charge >= 0.3 is 0 Å². The standard InChI is InChI=1S/C9H7FN2S/c10-7-2-1-3-8(6-7)12-9-11-4-5-13-9/h1-6H,(H,11,12). The Kier molecular flexibility index (Phi) is 2.23. The highest BCUT2D eigenvalue weighted by Gasteiger charge is 1.96. The second kappa shape index (κ2) is 3.53. The third-order valence-corrected chi connectivity index (χ3v) is 2.20. The first-order valence-electron chi connectivity index (χ1n) is 3.77. The molecule has 0 bridgehead atoms. The van der Waals surface area contributed by atoms with Gasteiger partial charge in [0.2, 0.25) is 0 Å². The van der Waals surface area contributed by atoms with E-state index < -0.39 is 0 Å². The highest BCUT2D eigenvalue weighted by molar-refractivity contribution is 7.13. The minimum absolute atomic E-state index is 0.249. The lowest BCUT2D eigenvalue weighted by Crippen LogP contribution is -1.88. The highest BCUT2D eigenvalue weighted by atomic mass is 32.1. The third-order valence-electron chi connectivity index (χ3n) is 1.51. The normalized spacial score (nSPS) is 9.92. The first kappa shape index (κ1) is 8.19. The number of thiazole rings is 1. The summed E-state index contributed by atoms with van der Waals surface area (Å²) in [6, 6.07) is 6.30. The Morgan fingerprint density at radius 1 is 1.38 bits per heavy atom. The van der Waals surface area contributed by atoms with E-state index in [0.29, 0.717) is 0 Å². The number of halogens is 1. The molecule has 1 N–H and O–H groups in total. The lowest BCUT2D eigenvalue weighted by atomic mass is 10.3. The van der Waals surface area contributed by atoms with Crippen molar-refractivity contribution in [1.82, 2.24) is 4.98 Å². The molecule has 2 rings (SSSR count). The van der Waals surface area contributed by atoms with Crippen molar-refractivity contribution >= 4 is 22.2 Å². The molecule has 0 aliphatic heterocycles. The van der Waals surface area contributed by atoms with Gasteiger partial charge in [0.25, 0.3) is 0 Å². The van der Waals surface area contributed by atoms with Crippen LogP contribution in [-0.2, 0) is 0 Å². The number of nitrogens with one attached hydrogen (secondary N) is 1. The largest absolute Gasteiger partial charge is 0.331 e. The fourth-order valence-electron chi connectivity index (χ4n) is 0.975. The quantitative estimate of drug-likeness (QED) is 0.794. The van der Waals surface area contributed by atoms with Crippen LogP contribution in [0.25, 0.3) is 0 Å². The molecule has 0 aliphatic carbocycles. The summed E-state index contributed by atoms with van der Waals surface area (Å²) >= 11 is 1.48. The molecule has 0 spiro atoms. The fourth-order valence-corrected chi connectivity index (χ4v) is 1.52. The molecule has 0 saturated heterocycles. The molecular weight excluding hydrogens is 187 g/mol. The Bertz CT molecular complexity index is 386. The minimum Gasteiger partial charge on any atom is -0.331 e. The number of nitrogens with zero attached hydrogens (tertiary/aromatic N) is 1. The van der Waals surface area contributed by atoms with E-state index >= 15 is 0 Å². The Morgan fingerprint density at radius 2 is 2.31 bits per heavy atom. The zero-order chi connectivity index (χ0) is 9.10. The second-order valence-corrected chi connectivity index (χ2v) is 3.37. The summed E-state index contributed by atoms with van der Waals surface area (Å²) in [5.41, 5.74) is 0.718. The van der Waals surface area contributed by atoms with Gasteiger partial charge in [0.1, 0.15) is 5.82 Å². The molecule has 1 aromatic heterocycles. The first-order chi connectivity index (χ1) is 6.34. The smallest absolute Gasteiger partial charge is 0.187 e. The summed E-state index contributed by atoms with van der Waals surface area (Å²) in [7, 11) is 0. The van der Waals surface area contributed by atoms with Crippen LogP contribution >= 0.6 is 11.3 Å². The van der Waals surface area contributed by atoms with E-state index in [9.17, 15) is 4.39 Å². The first-order valence-corrected chi connectivity index (χ1v) is 4.64. The van der Waals surface area contributed by atoms with Gasteiger partial charge in [0.15, 0.2) is 5.13 Å². The maximum Gasteiger partial charge on any atom is 0.187 e. The molecule has 13 heavy (non-hydrogen) atoms. The van der Waals surface area contributed by atoms with Gasteiger partial charge in [-0.2, -0.15) is 0 Å². The van der Waals surface area contributed by atoms with E-state index in [1.807, 2.05) is 5.38 Å². The summed E-state index contributed by atoms with van der Waals surface area (Å²) in [6.07, 6.45) is 1.70. The second-order valence-electron chi connectivity index (χ2n) is 2.47. The van der Waals surface area contributed by atoms with E-state index in [1.165, 1.54) is 23.5 Å². The van der Waals surface area contributed by atoms with Crippen molar-refractivity contribution in [2.24, 2.45) is 0 Å². The van der Waals surface area contributed by atoms with Crippen LogP contribution < -0.4 is 5.32 Å². The summed E-state index contributed by atoms with van der Waals surface area (Å²) in [6.45, 7) is 0. The predicted molar refractivity (Wildman–Crippen MR) is 51.8 cm³/mol. The molecule has 2 aromatic rings. The van der Waals surface area contributed by atoms with Crippen LogP contribution in [0.2, 0.25) is 0 Å². The Balaban J connectivity index is 2.19. The van der Waals surface area contributed by atoms with Crippen LogP contribution in [-0.4, -0.2) is 4.98 Å². The number of benzene rings is 1. The molecule has 0 saturated carbocycles. The molecule has 0 unspecified atom stereocenters. The van der Waals surface area contributed by atoms with Gasteiger partial charge in [0, 0.05) is 17.3 Å². The van der Waals surface area contributed by atoms with Crippen molar-refractivity contribution in [2.45, 2.75) is 0 Å². The number of hydrogen-bond acceptors (Lipinski definition) is 3. The molecule has 2 nitrogen and oxygen atoms in total. The highest BCUT2D eigenvalue weighted by Crippen LogP contribution is 2.18. The molecule has 4 heteroatoms. The average Bonchev–Trinajstić information content (AvgIpc) is 2.57. The topological polar surface area (TPSA) is 24.9 Å². The molecule has 66 valence electrons. The Labute approximate surface area is 79.1 Å². The van der Waals surface area contributed by atoms with Gasteiger partial charge in [-0.1, -0.05) is 6.07 Å². The predicted octanol–water partition coefficient (Wildman–Crippen LogP) is 3.03. The van der Waals surface area contributed by atoms with E-state index in [-0.39, 0.29) is 5.82 Å². The molecule has 0 fully saturated rings. The van der Waals surface area contributed by atoms with E-state index in [1.54, 1.807) is 18.3 Å². The molecule has 0 aliphatic rings. The summed E-state index contributed by atoms with van der Waals surface area (Å²) < 4.78 is 12.7. The number of anilines is 2. The van der Waals surface area contributed by atoms with Crippen molar-refractivity contribution in [3.05, 3.63) is 41.7 Å². The summed E-state index contributed by atoms with van der Waals surface area (Å²) in [5.74, 6) is -0.249. The van der Waals surface area contributed by atoms with Crippen molar-refractivity contribution in [3.8, 4) is 0 Å². The Hall–Kier alpha value is -1.42. The van der Waals surface area contributed by atoms with E-state index in [0.717, 1.165) is 10.8 Å². The van der Waals surface area contributed by atoms with Crippen molar-refractivity contribution < 1.29 is 4.39 Å². The van der Waals surface area contributed by atoms with Crippen LogP contribution in [0.1, 0.15) is 0 Å². The lowest BCUT2D eigenvalue weighted by Gasteiger charge is -2.00. The van der Waals surface area contributed by atoms with E-state index in [2.05, 4.69) is 10.3 Å². The number of hydrogen-bond donors (Lipinski definition) is 1. The van der Waals surface area contributed by atoms with Gasteiger partial charge in [0.05, 0.1) is 0 Å². The van der Waals surface area contributed by atoms with Crippen molar-refractivity contribution in [3.63, 3.8) is 0 Å². The third kappa shape index (κ3) is 2.03. The van der Waals surface area contributed by atoms with Crippen LogP contribution in [0.15, 0.2) is 35.8 Å². The maximum absolute atomic E-state index is 12.7. The average molecular weight is 194 g/mol. The zero-order valence-electron chi connectivity index (χ0n) is 6.70. The molecule has 0 atom stereocenters. The molecular formula is C9H7FN2S. The van der Waals surface area contributed by atoms with Gasteiger partial charge in [-0.15, -0.1) is 11.3 Å².